The van der Waals surface area contributed by atoms with E-state index < -0.39 is 0 Å². The van der Waals surface area contributed by atoms with Crippen molar-refractivity contribution in [3.05, 3.63) is 64.0 Å². The number of anilines is 3. The molecule has 0 unspecified atom stereocenters. The average Bonchev–Trinajstić information content (AvgIpc) is 2.96. The third kappa shape index (κ3) is 3.80. The number of amides is 1. The molecule has 1 amide bonds. The zero-order chi connectivity index (χ0) is 17.1. The van der Waals surface area contributed by atoms with Gasteiger partial charge >= 0.3 is 0 Å². The van der Waals surface area contributed by atoms with Gasteiger partial charge in [-0.3, -0.25) is 4.79 Å². The van der Waals surface area contributed by atoms with Crippen molar-refractivity contribution in [3.63, 3.8) is 0 Å². The van der Waals surface area contributed by atoms with E-state index in [1.807, 2.05) is 32.0 Å². The minimum atomic E-state index is -0.215. The fourth-order valence-corrected chi connectivity index (χ4v) is 2.33. The lowest BCUT2D eigenvalue weighted by Gasteiger charge is -2.07. The van der Waals surface area contributed by atoms with E-state index in [1.54, 1.807) is 18.2 Å². The standard InChI is InChI=1S/C17H15BrN4O2/c1-10-7-13(4-5-14(10)18)20-17(23)12-3-6-15(19-9-12)21-16-8-11(2)24-22-16/h3-9H,1-2H3,(H,20,23)(H,19,21,22). The smallest absolute Gasteiger partial charge is 0.257 e. The van der Waals surface area contributed by atoms with Crippen LogP contribution in [0, 0.1) is 13.8 Å². The highest BCUT2D eigenvalue weighted by Gasteiger charge is 2.08. The maximum atomic E-state index is 12.3. The van der Waals surface area contributed by atoms with E-state index in [-0.39, 0.29) is 5.91 Å². The number of halogens is 1. The minimum absolute atomic E-state index is 0.215. The van der Waals surface area contributed by atoms with E-state index in [1.165, 1.54) is 6.20 Å². The van der Waals surface area contributed by atoms with Gasteiger partial charge in [-0.1, -0.05) is 21.1 Å². The maximum Gasteiger partial charge on any atom is 0.257 e. The van der Waals surface area contributed by atoms with Crippen molar-refractivity contribution >= 4 is 39.2 Å². The lowest BCUT2D eigenvalue weighted by atomic mass is 10.2. The predicted octanol–water partition coefficient (Wildman–Crippen LogP) is 4.44. The predicted molar refractivity (Wildman–Crippen MR) is 95.6 cm³/mol. The van der Waals surface area contributed by atoms with Crippen molar-refractivity contribution < 1.29 is 9.32 Å². The van der Waals surface area contributed by atoms with Crippen LogP contribution in [0.1, 0.15) is 21.7 Å². The molecule has 0 aliphatic heterocycles. The molecule has 0 fully saturated rings. The van der Waals surface area contributed by atoms with Gasteiger partial charge in [0, 0.05) is 22.4 Å². The normalized spacial score (nSPS) is 10.5. The third-order valence-corrected chi connectivity index (χ3v) is 4.22. The quantitative estimate of drug-likeness (QED) is 0.692. The lowest BCUT2D eigenvalue weighted by Crippen LogP contribution is -2.12. The average molecular weight is 387 g/mol. The van der Waals surface area contributed by atoms with Crippen LogP contribution in [0.5, 0.6) is 0 Å². The number of hydrogen-bond acceptors (Lipinski definition) is 5. The Morgan fingerprint density at radius 1 is 1.12 bits per heavy atom. The van der Waals surface area contributed by atoms with Crippen molar-refractivity contribution in [2.45, 2.75) is 13.8 Å². The Kier molecular flexibility index (Phi) is 4.61. The third-order valence-electron chi connectivity index (χ3n) is 3.33. The molecule has 7 heteroatoms. The first-order valence-corrected chi connectivity index (χ1v) is 8.04. The van der Waals surface area contributed by atoms with Crippen molar-refractivity contribution in [3.8, 4) is 0 Å². The molecule has 0 bridgehead atoms. The topological polar surface area (TPSA) is 80.0 Å². The highest BCUT2D eigenvalue weighted by atomic mass is 79.9. The Balaban J connectivity index is 1.68. The number of nitrogens with zero attached hydrogens (tertiary/aromatic N) is 2. The van der Waals surface area contributed by atoms with Gasteiger partial charge in [0.15, 0.2) is 5.82 Å². The van der Waals surface area contributed by atoms with Crippen LogP contribution in [0.4, 0.5) is 17.3 Å². The Morgan fingerprint density at radius 3 is 2.58 bits per heavy atom. The minimum Gasteiger partial charge on any atom is -0.360 e. The van der Waals surface area contributed by atoms with Crippen molar-refractivity contribution in [1.29, 1.82) is 0 Å². The number of pyridine rings is 1. The number of carbonyl (C=O) groups is 1. The second kappa shape index (κ2) is 6.84. The molecule has 0 atom stereocenters. The van der Waals surface area contributed by atoms with E-state index in [4.69, 9.17) is 4.52 Å². The molecule has 0 aliphatic carbocycles. The van der Waals surface area contributed by atoms with Crippen molar-refractivity contribution in [2.75, 3.05) is 10.6 Å². The molecule has 2 heterocycles. The lowest BCUT2D eigenvalue weighted by molar-refractivity contribution is 0.102. The number of carbonyl (C=O) groups excluding carboxylic acids is 1. The largest absolute Gasteiger partial charge is 0.360 e. The first-order chi connectivity index (χ1) is 11.5. The molecule has 2 N–H and O–H groups in total. The van der Waals surface area contributed by atoms with Gasteiger partial charge in [-0.25, -0.2) is 4.98 Å². The second-order valence-electron chi connectivity index (χ2n) is 5.30. The van der Waals surface area contributed by atoms with Crippen LogP contribution >= 0.6 is 15.9 Å². The number of hydrogen-bond donors (Lipinski definition) is 2. The summed E-state index contributed by atoms with van der Waals surface area (Å²) < 4.78 is 5.98. The van der Waals surface area contributed by atoms with E-state index >= 15 is 0 Å². The molecule has 3 rings (SSSR count). The van der Waals surface area contributed by atoms with Gasteiger partial charge in [0.05, 0.1) is 5.56 Å². The zero-order valence-corrected chi connectivity index (χ0v) is 14.7. The Labute approximate surface area is 147 Å². The summed E-state index contributed by atoms with van der Waals surface area (Å²) in [5.41, 5.74) is 2.26. The molecule has 24 heavy (non-hydrogen) atoms. The molecule has 0 radical (unpaired) electrons. The summed E-state index contributed by atoms with van der Waals surface area (Å²) in [6.07, 6.45) is 1.51. The summed E-state index contributed by atoms with van der Waals surface area (Å²) in [6, 6.07) is 10.8. The molecule has 0 saturated carbocycles. The van der Waals surface area contributed by atoms with Crippen LogP contribution in [0.15, 0.2) is 51.6 Å². The van der Waals surface area contributed by atoms with Crippen LogP contribution in [0.25, 0.3) is 0 Å². The second-order valence-corrected chi connectivity index (χ2v) is 6.15. The van der Waals surface area contributed by atoms with Gasteiger partial charge in [-0.15, -0.1) is 0 Å². The summed E-state index contributed by atoms with van der Waals surface area (Å²) in [5.74, 6) is 1.65. The Hall–Kier alpha value is -2.67. The summed E-state index contributed by atoms with van der Waals surface area (Å²) in [7, 11) is 0. The molecular formula is C17H15BrN4O2. The van der Waals surface area contributed by atoms with Gasteiger partial charge in [0.2, 0.25) is 0 Å². The van der Waals surface area contributed by atoms with Crippen molar-refractivity contribution in [1.82, 2.24) is 10.1 Å². The molecule has 3 aromatic rings. The van der Waals surface area contributed by atoms with E-state index in [0.29, 0.717) is 23.0 Å². The summed E-state index contributed by atoms with van der Waals surface area (Å²) in [6.45, 7) is 3.77. The molecular weight excluding hydrogens is 372 g/mol. The number of rotatable bonds is 4. The monoisotopic (exact) mass is 386 g/mol. The fraction of sp³-hybridized carbons (Fsp3) is 0.118. The zero-order valence-electron chi connectivity index (χ0n) is 13.1. The van der Waals surface area contributed by atoms with Crippen LogP contribution in [-0.2, 0) is 0 Å². The molecule has 0 spiro atoms. The van der Waals surface area contributed by atoms with E-state index in [9.17, 15) is 4.79 Å². The molecule has 0 aliphatic rings. The van der Waals surface area contributed by atoms with Gasteiger partial charge in [0.25, 0.3) is 5.91 Å². The summed E-state index contributed by atoms with van der Waals surface area (Å²) in [4.78, 5) is 16.5. The van der Waals surface area contributed by atoms with Crippen LogP contribution in [-0.4, -0.2) is 16.0 Å². The van der Waals surface area contributed by atoms with Crippen LogP contribution < -0.4 is 10.6 Å². The summed E-state index contributed by atoms with van der Waals surface area (Å²) in [5, 5.41) is 9.68. The van der Waals surface area contributed by atoms with Crippen LogP contribution in [0.2, 0.25) is 0 Å². The number of benzene rings is 1. The fourth-order valence-electron chi connectivity index (χ4n) is 2.08. The number of aromatic nitrogens is 2. The van der Waals surface area contributed by atoms with Gasteiger partial charge in [-0.05, 0) is 49.7 Å². The maximum absolute atomic E-state index is 12.3. The Bertz CT molecular complexity index is 875. The van der Waals surface area contributed by atoms with Crippen molar-refractivity contribution in [2.24, 2.45) is 0 Å². The summed E-state index contributed by atoms with van der Waals surface area (Å²) >= 11 is 3.44. The SMILES string of the molecule is Cc1cc(Nc2ccc(C(=O)Nc3ccc(Br)c(C)c3)cn2)no1. The highest BCUT2D eigenvalue weighted by Crippen LogP contribution is 2.21. The van der Waals surface area contributed by atoms with E-state index in [2.05, 4.69) is 36.7 Å². The first-order valence-electron chi connectivity index (χ1n) is 7.25. The van der Waals surface area contributed by atoms with Gasteiger partial charge in [-0.2, -0.15) is 0 Å². The number of nitrogens with one attached hydrogen (secondary N) is 2. The van der Waals surface area contributed by atoms with E-state index in [0.717, 1.165) is 15.7 Å². The molecule has 1 aromatic carbocycles. The molecule has 0 saturated heterocycles. The molecule has 6 nitrogen and oxygen atoms in total. The molecule has 122 valence electrons. The number of aryl methyl sites for hydroxylation is 2. The van der Waals surface area contributed by atoms with Gasteiger partial charge < -0.3 is 15.2 Å². The first kappa shape index (κ1) is 16.2. The van der Waals surface area contributed by atoms with Gasteiger partial charge in [0.1, 0.15) is 11.6 Å². The van der Waals surface area contributed by atoms with Crippen LogP contribution in [0.3, 0.4) is 0 Å². The highest BCUT2D eigenvalue weighted by molar-refractivity contribution is 9.10. The Morgan fingerprint density at radius 2 is 1.96 bits per heavy atom. The molecule has 2 aromatic heterocycles.